The molecule has 2 N–H and O–H groups in total. The van der Waals surface area contributed by atoms with Gasteiger partial charge in [0.2, 0.25) is 5.95 Å². The SMILES string of the molecule is COc1ccc(OC)c(C(c2ccccc2SC)N(C(=O)O)c2ccnc(Nc3ccc(OCCN4CCN(C(C)C)CC4)c(F)c3)n2)c1. The van der Waals surface area contributed by atoms with Gasteiger partial charge in [-0.2, -0.15) is 4.98 Å². The fourth-order valence-corrected chi connectivity index (χ4v) is 6.52. The molecule has 0 radical (unpaired) electrons. The molecular weight excluding hydrogens is 647 g/mol. The molecule has 5 rings (SSSR count). The maximum absolute atomic E-state index is 15.1. The first-order chi connectivity index (χ1) is 23.7. The smallest absolute Gasteiger partial charge is 0.413 e. The summed E-state index contributed by atoms with van der Waals surface area (Å²) >= 11 is 1.50. The molecule has 1 aliphatic heterocycles. The first-order valence-electron chi connectivity index (χ1n) is 16.1. The van der Waals surface area contributed by atoms with E-state index in [1.807, 2.05) is 30.5 Å². The number of benzene rings is 3. The second-order valence-corrected chi connectivity index (χ2v) is 12.6. The summed E-state index contributed by atoms with van der Waals surface area (Å²) in [4.78, 5) is 28.8. The van der Waals surface area contributed by atoms with Gasteiger partial charge in [0.15, 0.2) is 11.6 Å². The zero-order valence-electron chi connectivity index (χ0n) is 28.4. The van der Waals surface area contributed by atoms with Crippen LogP contribution in [0.4, 0.5) is 26.6 Å². The van der Waals surface area contributed by atoms with Crippen molar-refractivity contribution in [3.05, 3.63) is 89.9 Å². The molecule has 1 saturated heterocycles. The molecule has 0 spiro atoms. The number of hydrogen-bond donors (Lipinski definition) is 2. The van der Waals surface area contributed by atoms with Crippen molar-refractivity contribution < 1.29 is 28.5 Å². The van der Waals surface area contributed by atoms with Crippen LogP contribution in [0.1, 0.15) is 31.0 Å². The van der Waals surface area contributed by atoms with Crippen LogP contribution in [0.3, 0.4) is 0 Å². The highest BCUT2D eigenvalue weighted by Gasteiger charge is 2.33. The average Bonchev–Trinajstić information content (AvgIpc) is 3.11. The van der Waals surface area contributed by atoms with E-state index in [4.69, 9.17) is 14.2 Å². The number of carbonyl (C=O) groups is 1. The van der Waals surface area contributed by atoms with E-state index in [0.717, 1.165) is 43.2 Å². The van der Waals surface area contributed by atoms with E-state index in [2.05, 4.69) is 38.9 Å². The number of rotatable bonds is 14. The number of halogens is 1. The van der Waals surface area contributed by atoms with Gasteiger partial charge in [0.1, 0.15) is 23.9 Å². The molecule has 1 fully saturated rings. The van der Waals surface area contributed by atoms with Crippen LogP contribution in [0.15, 0.2) is 77.8 Å². The molecule has 1 unspecified atom stereocenters. The molecule has 1 aliphatic rings. The van der Waals surface area contributed by atoms with Crippen LogP contribution >= 0.6 is 11.8 Å². The summed E-state index contributed by atoms with van der Waals surface area (Å²) in [5.41, 5.74) is 1.68. The third kappa shape index (κ3) is 8.72. The average molecular weight is 691 g/mol. The number of nitrogens with one attached hydrogen (secondary N) is 1. The third-order valence-electron chi connectivity index (χ3n) is 8.51. The summed E-state index contributed by atoms with van der Waals surface area (Å²) in [7, 11) is 3.08. The Bertz CT molecular complexity index is 1720. The summed E-state index contributed by atoms with van der Waals surface area (Å²) in [6.45, 7) is 9.46. The summed E-state index contributed by atoms with van der Waals surface area (Å²) in [6.07, 6.45) is 2.14. The monoisotopic (exact) mass is 690 g/mol. The largest absolute Gasteiger partial charge is 0.497 e. The van der Waals surface area contributed by atoms with E-state index in [0.29, 0.717) is 35.4 Å². The number of amides is 1. The van der Waals surface area contributed by atoms with Crippen molar-refractivity contribution in [2.45, 2.75) is 30.8 Å². The molecular formula is C36H43FN6O5S. The van der Waals surface area contributed by atoms with Crippen LogP contribution in [-0.2, 0) is 0 Å². The molecule has 13 heteroatoms. The van der Waals surface area contributed by atoms with Crippen LogP contribution < -0.4 is 24.4 Å². The molecule has 260 valence electrons. The van der Waals surface area contributed by atoms with Crippen molar-refractivity contribution >= 4 is 35.3 Å². The highest BCUT2D eigenvalue weighted by atomic mass is 32.2. The van der Waals surface area contributed by atoms with Gasteiger partial charge >= 0.3 is 6.09 Å². The topological polar surface area (TPSA) is 113 Å². The van der Waals surface area contributed by atoms with Crippen LogP contribution in [0.2, 0.25) is 0 Å². The molecule has 0 aliphatic carbocycles. The normalized spacial score (nSPS) is 14.3. The minimum atomic E-state index is -1.25. The Balaban J connectivity index is 1.37. The van der Waals surface area contributed by atoms with Crippen molar-refractivity contribution in [2.75, 3.05) is 70.0 Å². The number of hydrogen-bond acceptors (Lipinski definition) is 10. The Morgan fingerprint density at radius 1 is 1.00 bits per heavy atom. The van der Waals surface area contributed by atoms with Crippen molar-refractivity contribution in [1.82, 2.24) is 19.8 Å². The molecule has 49 heavy (non-hydrogen) atoms. The number of nitrogens with zero attached hydrogens (tertiary/aromatic N) is 5. The fraction of sp³-hybridized carbons (Fsp3) is 0.361. The second-order valence-electron chi connectivity index (χ2n) is 11.7. The lowest BCUT2D eigenvalue weighted by atomic mass is 9.95. The van der Waals surface area contributed by atoms with Gasteiger partial charge < -0.3 is 24.6 Å². The molecule has 3 aromatic carbocycles. The summed E-state index contributed by atoms with van der Waals surface area (Å²) in [6, 6.07) is 18.5. The van der Waals surface area contributed by atoms with Crippen LogP contribution in [0, 0.1) is 5.82 Å². The maximum atomic E-state index is 15.1. The molecule has 1 atom stereocenters. The van der Waals surface area contributed by atoms with Crippen LogP contribution in [-0.4, -0.2) is 96.8 Å². The molecule has 0 saturated carbocycles. The maximum Gasteiger partial charge on any atom is 0.413 e. The lowest BCUT2D eigenvalue weighted by Gasteiger charge is -2.36. The predicted octanol–water partition coefficient (Wildman–Crippen LogP) is 6.78. The van der Waals surface area contributed by atoms with Crippen molar-refractivity contribution in [2.24, 2.45) is 0 Å². The number of ether oxygens (including phenoxy) is 3. The van der Waals surface area contributed by atoms with E-state index < -0.39 is 18.0 Å². The lowest BCUT2D eigenvalue weighted by Crippen LogP contribution is -2.49. The van der Waals surface area contributed by atoms with Gasteiger partial charge in [-0.05, 0) is 68.1 Å². The lowest BCUT2D eigenvalue weighted by molar-refractivity contribution is 0.0965. The van der Waals surface area contributed by atoms with Crippen molar-refractivity contribution in [1.29, 1.82) is 0 Å². The predicted molar refractivity (Wildman–Crippen MR) is 190 cm³/mol. The second kappa shape index (κ2) is 16.7. The Kier molecular flexibility index (Phi) is 12.2. The van der Waals surface area contributed by atoms with E-state index >= 15 is 4.39 Å². The molecule has 1 amide bonds. The van der Waals surface area contributed by atoms with Gasteiger partial charge in [-0.15, -0.1) is 11.8 Å². The van der Waals surface area contributed by atoms with Crippen LogP contribution in [0.5, 0.6) is 17.2 Å². The summed E-state index contributed by atoms with van der Waals surface area (Å²) in [5, 5.41) is 13.7. The fourth-order valence-electron chi connectivity index (χ4n) is 5.89. The molecule has 1 aromatic heterocycles. The highest BCUT2D eigenvalue weighted by Crippen LogP contribution is 2.42. The minimum Gasteiger partial charge on any atom is -0.497 e. The Labute approximate surface area is 291 Å². The van der Waals surface area contributed by atoms with Gasteiger partial charge in [-0.1, -0.05) is 18.2 Å². The first kappa shape index (κ1) is 35.7. The van der Waals surface area contributed by atoms with E-state index in [9.17, 15) is 9.90 Å². The van der Waals surface area contributed by atoms with Crippen molar-refractivity contribution in [3.8, 4) is 17.2 Å². The van der Waals surface area contributed by atoms with Gasteiger partial charge in [-0.25, -0.2) is 19.1 Å². The number of thioether (sulfide) groups is 1. The summed E-state index contributed by atoms with van der Waals surface area (Å²) in [5.74, 6) is 0.832. The van der Waals surface area contributed by atoms with Crippen LogP contribution in [0.25, 0.3) is 0 Å². The van der Waals surface area contributed by atoms with E-state index in [-0.39, 0.29) is 17.5 Å². The number of carboxylic acid groups (broad SMARTS) is 1. The third-order valence-corrected chi connectivity index (χ3v) is 9.32. The Morgan fingerprint density at radius 3 is 2.43 bits per heavy atom. The van der Waals surface area contributed by atoms with Gasteiger partial charge in [-0.3, -0.25) is 9.80 Å². The van der Waals surface area contributed by atoms with Gasteiger partial charge in [0.25, 0.3) is 0 Å². The standard InChI is InChI=1S/C36H43FN6O5S/c1-24(2)42-18-16-41(17-19-42)20-21-48-31-12-10-25(22-29(31)37)39-35-38-15-14-33(40-35)43(36(44)45)34(27-8-6-7-9-32(27)49-5)28-23-26(46-3)11-13-30(28)47-4/h6-15,22-24,34H,16-21H2,1-5H3,(H,44,45)(H,38,39,40). The number of methoxy groups -OCH3 is 2. The quantitative estimate of drug-likeness (QED) is 0.137. The minimum absolute atomic E-state index is 0.0897. The number of anilines is 3. The first-order valence-corrected chi connectivity index (χ1v) is 17.3. The molecule has 4 aromatic rings. The Hall–Kier alpha value is -4.59. The highest BCUT2D eigenvalue weighted by molar-refractivity contribution is 7.98. The van der Waals surface area contributed by atoms with E-state index in [1.165, 1.54) is 42.1 Å². The Morgan fingerprint density at radius 2 is 1.76 bits per heavy atom. The zero-order chi connectivity index (χ0) is 34.9. The van der Waals surface area contributed by atoms with Crippen molar-refractivity contribution in [3.63, 3.8) is 0 Å². The molecule has 0 bridgehead atoms. The van der Waals surface area contributed by atoms with Gasteiger partial charge in [0, 0.05) is 67.2 Å². The van der Waals surface area contributed by atoms with E-state index in [1.54, 1.807) is 37.4 Å². The number of aromatic nitrogens is 2. The number of piperazine rings is 1. The molecule has 11 nitrogen and oxygen atoms in total. The van der Waals surface area contributed by atoms with Gasteiger partial charge in [0.05, 0.1) is 20.3 Å². The molecule has 2 heterocycles. The summed E-state index contributed by atoms with van der Waals surface area (Å²) < 4.78 is 32.1. The zero-order valence-corrected chi connectivity index (χ0v) is 29.2.